The van der Waals surface area contributed by atoms with Crippen molar-refractivity contribution in [2.24, 2.45) is 0 Å². The first-order valence-electron chi connectivity index (χ1n) is 5.87. The van der Waals surface area contributed by atoms with Gasteiger partial charge in [-0.25, -0.2) is 4.79 Å². The SMILES string of the molecule is COC(=O)c1cc(OC)c(O)c(C2CCNC2)c1. The molecule has 0 spiro atoms. The van der Waals surface area contributed by atoms with Gasteiger partial charge < -0.3 is 19.9 Å². The maximum atomic E-state index is 11.6. The monoisotopic (exact) mass is 251 g/mol. The van der Waals surface area contributed by atoms with Crippen LogP contribution in [0.3, 0.4) is 0 Å². The van der Waals surface area contributed by atoms with E-state index in [1.165, 1.54) is 20.3 Å². The Labute approximate surface area is 106 Å². The highest BCUT2D eigenvalue weighted by molar-refractivity contribution is 5.90. The molecule has 1 heterocycles. The summed E-state index contributed by atoms with van der Waals surface area (Å²) in [7, 11) is 2.80. The molecular formula is C13H17NO4. The van der Waals surface area contributed by atoms with Gasteiger partial charge in [-0.1, -0.05) is 0 Å². The summed E-state index contributed by atoms with van der Waals surface area (Å²) in [5.74, 6) is 0.183. The molecule has 1 aromatic rings. The van der Waals surface area contributed by atoms with E-state index in [4.69, 9.17) is 9.47 Å². The van der Waals surface area contributed by atoms with Crippen molar-refractivity contribution in [2.75, 3.05) is 27.3 Å². The minimum atomic E-state index is -0.430. The number of phenolic OH excluding ortho intramolecular Hbond substituents is 1. The van der Waals surface area contributed by atoms with E-state index in [2.05, 4.69) is 5.32 Å². The number of nitrogens with one attached hydrogen (secondary N) is 1. The summed E-state index contributed by atoms with van der Waals surface area (Å²) in [5.41, 5.74) is 1.13. The number of carbonyl (C=O) groups is 1. The molecule has 5 heteroatoms. The van der Waals surface area contributed by atoms with E-state index in [-0.39, 0.29) is 11.7 Å². The molecule has 1 aliphatic heterocycles. The van der Waals surface area contributed by atoms with Gasteiger partial charge in [0, 0.05) is 18.0 Å². The predicted molar refractivity (Wildman–Crippen MR) is 66.2 cm³/mol. The van der Waals surface area contributed by atoms with Gasteiger partial charge in [-0.15, -0.1) is 0 Å². The number of ether oxygens (including phenoxy) is 2. The molecular weight excluding hydrogens is 234 g/mol. The number of benzene rings is 1. The zero-order chi connectivity index (χ0) is 13.1. The molecule has 18 heavy (non-hydrogen) atoms. The van der Waals surface area contributed by atoms with E-state index in [9.17, 15) is 9.90 Å². The van der Waals surface area contributed by atoms with Crippen molar-refractivity contribution in [1.82, 2.24) is 5.32 Å². The third-order valence-electron chi connectivity index (χ3n) is 3.25. The van der Waals surface area contributed by atoms with Crippen LogP contribution < -0.4 is 10.1 Å². The fraction of sp³-hybridized carbons (Fsp3) is 0.462. The average molecular weight is 251 g/mol. The van der Waals surface area contributed by atoms with Crippen LogP contribution >= 0.6 is 0 Å². The number of carbonyl (C=O) groups excluding carboxylic acids is 1. The molecule has 0 aromatic heterocycles. The molecule has 1 atom stereocenters. The lowest BCUT2D eigenvalue weighted by atomic mass is 9.95. The standard InChI is InChI=1S/C13H17NO4/c1-17-11-6-9(13(16)18-2)5-10(12(11)15)8-3-4-14-7-8/h5-6,8,14-15H,3-4,7H2,1-2H3. The van der Waals surface area contributed by atoms with Gasteiger partial charge in [-0.3, -0.25) is 0 Å². The summed E-state index contributed by atoms with van der Waals surface area (Å²) in [5, 5.41) is 13.4. The van der Waals surface area contributed by atoms with Gasteiger partial charge in [-0.05, 0) is 25.1 Å². The normalized spacial score (nSPS) is 18.7. The highest BCUT2D eigenvalue weighted by atomic mass is 16.5. The molecule has 1 aromatic carbocycles. The van der Waals surface area contributed by atoms with E-state index in [0.29, 0.717) is 11.3 Å². The molecule has 1 fully saturated rings. The Morgan fingerprint density at radius 3 is 2.78 bits per heavy atom. The van der Waals surface area contributed by atoms with E-state index >= 15 is 0 Å². The van der Waals surface area contributed by atoms with E-state index in [0.717, 1.165) is 25.1 Å². The Balaban J connectivity index is 2.45. The highest BCUT2D eigenvalue weighted by Gasteiger charge is 2.24. The van der Waals surface area contributed by atoms with Crippen LogP contribution in [0.4, 0.5) is 0 Å². The minimum absolute atomic E-state index is 0.110. The number of esters is 1. The molecule has 0 bridgehead atoms. The predicted octanol–water partition coefficient (Wildman–Crippen LogP) is 1.26. The van der Waals surface area contributed by atoms with E-state index in [1.54, 1.807) is 6.07 Å². The second-order valence-electron chi connectivity index (χ2n) is 4.30. The van der Waals surface area contributed by atoms with Gasteiger partial charge >= 0.3 is 5.97 Å². The Morgan fingerprint density at radius 1 is 1.44 bits per heavy atom. The van der Waals surface area contributed by atoms with E-state index < -0.39 is 5.97 Å². The van der Waals surface area contributed by atoms with Crippen molar-refractivity contribution in [3.05, 3.63) is 23.3 Å². The van der Waals surface area contributed by atoms with Gasteiger partial charge in [0.25, 0.3) is 0 Å². The summed E-state index contributed by atoms with van der Waals surface area (Å²) < 4.78 is 9.80. The average Bonchev–Trinajstić information content (AvgIpc) is 2.92. The fourth-order valence-electron chi connectivity index (χ4n) is 2.25. The lowest BCUT2D eigenvalue weighted by Crippen LogP contribution is -2.09. The highest BCUT2D eigenvalue weighted by Crippen LogP contribution is 2.38. The zero-order valence-electron chi connectivity index (χ0n) is 10.5. The molecule has 5 nitrogen and oxygen atoms in total. The maximum Gasteiger partial charge on any atom is 0.337 e. The number of rotatable bonds is 3. The topological polar surface area (TPSA) is 67.8 Å². The van der Waals surface area contributed by atoms with Crippen molar-refractivity contribution in [1.29, 1.82) is 0 Å². The fourth-order valence-corrected chi connectivity index (χ4v) is 2.25. The van der Waals surface area contributed by atoms with Crippen molar-refractivity contribution >= 4 is 5.97 Å². The summed E-state index contributed by atoms with van der Waals surface area (Å²) in [6.07, 6.45) is 0.932. The van der Waals surface area contributed by atoms with Crippen molar-refractivity contribution < 1.29 is 19.4 Å². The van der Waals surface area contributed by atoms with Crippen LogP contribution in [0.15, 0.2) is 12.1 Å². The van der Waals surface area contributed by atoms with Crippen molar-refractivity contribution in [3.63, 3.8) is 0 Å². The molecule has 0 saturated carbocycles. The van der Waals surface area contributed by atoms with Crippen LogP contribution in [0.25, 0.3) is 0 Å². The lowest BCUT2D eigenvalue weighted by Gasteiger charge is -2.15. The first kappa shape index (κ1) is 12.7. The van der Waals surface area contributed by atoms with Crippen LogP contribution in [0.5, 0.6) is 11.5 Å². The molecule has 0 amide bonds. The van der Waals surface area contributed by atoms with Crippen molar-refractivity contribution in [3.8, 4) is 11.5 Å². The molecule has 98 valence electrons. The van der Waals surface area contributed by atoms with Crippen LogP contribution in [0, 0.1) is 0 Å². The smallest absolute Gasteiger partial charge is 0.337 e. The third-order valence-corrected chi connectivity index (χ3v) is 3.25. The van der Waals surface area contributed by atoms with Crippen LogP contribution in [-0.4, -0.2) is 38.4 Å². The second kappa shape index (κ2) is 5.27. The molecule has 1 aliphatic rings. The van der Waals surface area contributed by atoms with Gasteiger partial charge in [0.2, 0.25) is 0 Å². The largest absolute Gasteiger partial charge is 0.504 e. The maximum absolute atomic E-state index is 11.6. The first-order chi connectivity index (χ1) is 8.67. The van der Waals surface area contributed by atoms with Crippen molar-refractivity contribution in [2.45, 2.75) is 12.3 Å². The number of phenols is 1. The number of hydrogen-bond acceptors (Lipinski definition) is 5. The zero-order valence-corrected chi connectivity index (χ0v) is 10.5. The molecule has 0 aliphatic carbocycles. The molecule has 1 saturated heterocycles. The molecule has 2 rings (SSSR count). The minimum Gasteiger partial charge on any atom is -0.504 e. The third kappa shape index (κ3) is 2.26. The molecule has 0 radical (unpaired) electrons. The summed E-state index contributed by atoms with van der Waals surface area (Å²) >= 11 is 0. The Kier molecular flexibility index (Phi) is 3.72. The Morgan fingerprint density at radius 2 is 2.22 bits per heavy atom. The first-order valence-corrected chi connectivity index (χ1v) is 5.87. The van der Waals surface area contributed by atoms with Crippen LogP contribution in [0.1, 0.15) is 28.3 Å². The number of methoxy groups -OCH3 is 2. The Bertz CT molecular complexity index is 453. The van der Waals surface area contributed by atoms with Gasteiger partial charge in [0.15, 0.2) is 11.5 Å². The van der Waals surface area contributed by atoms with Gasteiger partial charge in [-0.2, -0.15) is 0 Å². The van der Waals surface area contributed by atoms with Crippen LogP contribution in [-0.2, 0) is 4.74 Å². The number of aromatic hydroxyl groups is 1. The van der Waals surface area contributed by atoms with Crippen LogP contribution in [0.2, 0.25) is 0 Å². The quantitative estimate of drug-likeness (QED) is 0.792. The van der Waals surface area contributed by atoms with E-state index in [1.807, 2.05) is 0 Å². The summed E-state index contributed by atoms with van der Waals surface area (Å²) in [4.78, 5) is 11.6. The second-order valence-corrected chi connectivity index (χ2v) is 4.30. The molecule has 1 unspecified atom stereocenters. The number of hydrogen-bond donors (Lipinski definition) is 2. The lowest BCUT2D eigenvalue weighted by molar-refractivity contribution is 0.0600. The van der Waals surface area contributed by atoms with Gasteiger partial charge in [0.1, 0.15) is 0 Å². The van der Waals surface area contributed by atoms with Gasteiger partial charge in [0.05, 0.1) is 19.8 Å². The Hall–Kier alpha value is -1.75. The summed E-state index contributed by atoms with van der Waals surface area (Å²) in [6.45, 7) is 1.70. The molecule has 2 N–H and O–H groups in total. The summed E-state index contributed by atoms with van der Waals surface area (Å²) in [6, 6.07) is 3.18.